The summed E-state index contributed by atoms with van der Waals surface area (Å²) >= 11 is 0. The molecule has 13 heavy (non-hydrogen) atoms. The Morgan fingerprint density at radius 2 is 1.92 bits per heavy atom. The molecule has 0 aliphatic carbocycles. The van der Waals surface area contributed by atoms with Gasteiger partial charge in [-0.25, -0.2) is 8.42 Å². The molecule has 0 N–H and O–H groups in total. The number of hydrogen-bond acceptors (Lipinski definition) is 4. The van der Waals surface area contributed by atoms with Crippen molar-refractivity contribution in [3.8, 4) is 0 Å². The van der Waals surface area contributed by atoms with Gasteiger partial charge in [0.05, 0.1) is 6.61 Å². The molecule has 1 unspecified atom stereocenters. The molecule has 0 fully saturated rings. The summed E-state index contributed by atoms with van der Waals surface area (Å²) in [5.74, 6) is 0.179. The molecule has 0 spiro atoms. The van der Waals surface area contributed by atoms with Gasteiger partial charge in [0.25, 0.3) is 0 Å². The van der Waals surface area contributed by atoms with Crippen molar-refractivity contribution in [1.29, 1.82) is 0 Å². The second kappa shape index (κ2) is 8.20. The van der Waals surface area contributed by atoms with Crippen LogP contribution < -0.4 is 29.6 Å². The summed E-state index contributed by atoms with van der Waals surface area (Å²) in [6.45, 7) is 3.98. The standard InChI is InChI=1S/C7H16O4S.Na/c1-3-5-7(4-2)6-11-12(8,9)10;/h7H,3-6H2,1-2H3,(H,8,9,10);/q;+1/p-1. The number of rotatable bonds is 6. The Morgan fingerprint density at radius 3 is 2.23 bits per heavy atom. The van der Waals surface area contributed by atoms with E-state index in [-0.39, 0.29) is 42.1 Å². The third-order valence-electron chi connectivity index (χ3n) is 1.72. The Bertz CT molecular complexity index is 203. The zero-order valence-electron chi connectivity index (χ0n) is 8.45. The molecule has 0 heterocycles. The van der Waals surface area contributed by atoms with Gasteiger partial charge in [-0.3, -0.25) is 4.18 Å². The van der Waals surface area contributed by atoms with Gasteiger partial charge in [0.1, 0.15) is 0 Å². The summed E-state index contributed by atoms with van der Waals surface area (Å²) in [6.07, 6.45) is 2.70. The molecule has 0 amide bonds. The first-order valence-corrected chi connectivity index (χ1v) is 5.43. The van der Waals surface area contributed by atoms with Gasteiger partial charge in [0.15, 0.2) is 0 Å². The predicted molar refractivity (Wildman–Crippen MR) is 44.3 cm³/mol. The van der Waals surface area contributed by atoms with Gasteiger partial charge < -0.3 is 4.55 Å². The summed E-state index contributed by atoms with van der Waals surface area (Å²) in [6, 6.07) is 0. The predicted octanol–water partition coefficient (Wildman–Crippen LogP) is -1.71. The van der Waals surface area contributed by atoms with Crippen molar-refractivity contribution < 1.29 is 46.7 Å². The molecule has 0 saturated heterocycles. The van der Waals surface area contributed by atoms with Gasteiger partial charge in [-0.2, -0.15) is 0 Å². The normalized spacial score (nSPS) is 13.5. The van der Waals surface area contributed by atoms with Crippen molar-refractivity contribution in [1.82, 2.24) is 0 Å². The quantitative estimate of drug-likeness (QED) is 0.302. The van der Waals surface area contributed by atoms with Crippen LogP contribution in [-0.4, -0.2) is 19.6 Å². The maximum absolute atomic E-state index is 10.1. The Balaban J connectivity index is 0. The van der Waals surface area contributed by atoms with E-state index in [9.17, 15) is 13.0 Å². The van der Waals surface area contributed by atoms with E-state index in [4.69, 9.17) is 0 Å². The smallest absolute Gasteiger partial charge is 0.726 e. The molecular formula is C7H15NaO4S. The van der Waals surface area contributed by atoms with Crippen LogP contribution in [0.25, 0.3) is 0 Å². The van der Waals surface area contributed by atoms with Crippen molar-refractivity contribution >= 4 is 10.4 Å². The first kappa shape index (κ1) is 16.3. The minimum Gasteiger partial charge on any atom is -0.726 e. The molecule has 0 aliphatic rings. The molecule has 0 aromatic rings. The molecule has 0 saturated carbocycles. The van der Waals surface area contributed by atoms with Crippen LogP contribution in [0.2, 0.25) is 0 Å². The van der Waals surface area contributed by atoms with Gasteiger partial charge in [0.2, 0.25) is 10.4 Å². The summed E-state index contributed by atoms with van der Waals surface area (Å²) in [5.41, 5.74) is 0. The van der Waals surface area contributed by atoms with Crippen LogP contribution >= 0.6 is 0 Å². The topological polar surface area (TPSA) is 66.4 Å². The maximum Gasteiger partial charge on any atom is 1.00 e. The fourth-order valence-corrected chi connectivity index (χ4v) is 1.35. The summed E-state index contributed by atoms with van der Waals surface area (Å²) in [5, 5.41) is 0. The van der Waals surface area contributed by atoms with Gasteiger partial charge in [0, 0.05) is 0 Å². The largest absolute Gasteiger partial charge is 1.00 e. The van der Waals surface area contributed by atoms with E-state index in [2.05, 4.69) is 4.18 Å². The van der Waals surface area contributed by atoms with E-state index in [1.54, 1.807) is 0 Å². The van der Waals surface area contributed by atoms with E-state index in [1.165, 1.54) is 0 Å². The SMILES string of the molecule is CCCC(CC)COS(=O)(=O)[O-].[Na+]. The Labute approximate surface area is 102 Å². The monoisotopic (exact) mass is 218 g/mol. The zero-order chi connectivity index (χ0) is 9.61. The number of hydrogen-bond donors (Lipinski definition) is 0. The molecule has 6 heteroatoms. The average Bonchev–Trinajstić information content (AvgIpc) is 1.96. The first-order valence-electron chi connectivity index (χ1n) is 4.09. The van der Waals surface area contributed by atoms with Crippen LogP contribution in [0.1, 0.15) is 33.1 Å². The van der Waals surface area contributed by atoms with Crippen LogP contribution in [0, 0.1) is 5.92 Å². The minimum atomic E-state index is -4.50. The van der Waals surface area contributed by atoms with Crippen molar-refractivity contribution in [2.45, 2.75) is 33.1 Å². The van der Waals surface area contributed by atoms with E-state index >= 15 is 0 Å². The molecule has 0 aliphatic heterocycles. The molecule has 0 bridgehead atoms. The summed E-state index contributed by atoms with van der Waals surface area (Å²) in [4.78, 5) is 0. The summed E-state index contributed by atoms with van der Waals surface area (Å²) < 4.78 is 34.4. The molecule has 4 nitrogen and oxygen atoms in total. The second-order valence-corrected chi connectivity index (χ2v) is 3.81. The fourth-order valence-electron chi connectivity index (χ4n) is 0.993. The van der Waals surface area contributed by atoms with Gasteiger partial charge >= 0.3 is 29.6 Å². The van der Waals surface area contributed by atoms with E-state index in [1.807, 2.05) is 13.8 Å². The Hall–Kier alpha value is 0.870. The third-order valence-corrected chi connectivity index (χ3v) is 2.15. The van der Waals surface area contributed by atoms with Crippen molar-refractivity contribution in [3.05, 3.63) is 0 Å². The van der Waals surface area contributed by atoms with E-state index in [0.717, 1.165) is 19.3 Å². The van der Waals surface area contributed by atoms with Crippen molar-refractivity contribution in [2.75, 3.05) is 6.61 Å². The fraction of sp³-hybridized carbons (Fsp3) is 1.00. The molecule has 0 radical (unpaired) electrons. The van der Waals surface area contributed by atoms with E-state index < -0.39 is 10.4 Å². The van der Waals surface area contributed by atoms with Crippen molar-refractivity contribution in [3.63, 3.8) is 0 Å². The summed E-state index contributed by atoms with van der Waals surface area (Å²) in [7, 11) is -4.50. The first-order chi connectivity index (χ1) is 5.49. The minimum absolute atomic E-state index is 0. The van der Waals surface area contributed by atoms with Gasteiger partial charge in [-0.05, 0) is 12.3 Å². The zero-order valence-corrected chi connectivity index (χ0v) is 11.3. The van der Waals surface area contributed by atoms with E-state index in [0.29, 0.717) is 0 Å². The van der Waals surface area contributed by atoms with Crippen molar-refractivity contribution in [2.24, 2.45) is 5.92 Å². The van der Waals surface area contributed by atoms with Crippen LogP contribution in [0.15, 0.2) is 0 Å². The van der Waals surface area contributed by atoms with Gasteiger partial charge in [-0.15, -0.1) is 0 Å². The molecule has 0 aromatic carbocycles. The maximum atomic E-state index is 10.1. The molecule has 74 valence electrons. The van der Waals surface area contributed by atoms with Gasteiger partial charge in [-0.1, -0.05) is 26.7 Å². The second-order valence-electron chi connectivity index (χ2n) is 2.76. The van der Waals surface area contributed by atoms with Crippen LogP contribution in [0.3, 0.4) is 0 Å². The average molecular weight is 218 g/mol. The molecule has 1 atom stereocenters. The van der Waals surface area contributed by atoms with Crippen LogP contribution in [0.4, 0.5) is 0 Å². The Kier molecular flexibility index (Phi) is 10.3. The van der Waals surface area contributed by atoms with Crippen LogP contribution in [-0.2, 0) is 14.6 Å². The molecular weight excluding hydrogens is 203 g/mol. The molecule has 0 rings (SSSR count). The Morgan fingerprint density at radius 1 is 1.38 bits per heavy atom. The third kappa shape index (κ3) is 10.8. The van der Waals surface area contributed by atoms with Crippen LogP contribution in [0.5, 0.6) is 0 Å². The molecule has 0 aromatic heterocycles.